The lowest BCUT2D eigenvalue weighted by atomic mass is 9.62. The molecular weight excluding hydrogens is 757 g/mol. The first kappa shape index (κ1) is 45.5. The Morgan fingerprint density at radius 2 is 1.54 bits per heavy atom. The molecule has 2 N–H and O–H groups in total. The summed E-state index contributed by atoms with van der Waals surface area (Å²) in [4.78, 5) is 31.1. The van der Waals surface area contributed by atoms with Gasteiger partial charge in [0.05, 0.1) is 36.9 Å². The molecule has 19 atom stereocenters. The number of hydrogen-bond donors (Lipinski definition) is 2. The number of aliphatic hydroxyl groups is 1. The van der Waals surface area contributed by atoms with Crippen LogP contribution in [-0.2, 0) is 47.5 Å². The fourth-order valence-corrected chi connectivity index (χ4v) is 12.6. The van der Waals surface area contributed by atoms with Crippen LogP contribution in [0.15, 0.2) is 11.6 Å². The minimum atomic E-state index is -0.767. The molecule has 3 saturated carbocycles. The normalized spacial score (nSPS) is 46.2. The molecule has 0 aromatic carbocycles. The van der Waals surface area contributed by atoms with Crippen molar-refractivity contribution in [2.75, 3.05) is 35.4 Å². The molecule has 0 spiro atoms. The molecule has 13 nitrogen and oxygen atoms in total. The molecule has 0 amide bonds. The largest absolute Gasteiger partial charge is 0.462 e. The molecule has 336 valence electrons. The number of nitrogens with one attached hydrogen (secondary N) is 1. The van der Waals surface area contributed by atoms with Crippen molar-refractivity contribution in [1.82, 2.24) is 10.2 Å². The molecule has 13 heteroatoms. The standard InChI is InChI=1S/C46H76N2O11/c1-10-28-16-13-17-36(59-38-19-18-35(48(5)6)25(3)55-38)24(2)41(50)34-22-31-30-20-29(58-46-45(54-9)44(53-8)43(52-7)26(4)56-46)21-33(30)40(47-27-14-11-12-15-27)42(51)39(31)32(34)23-37(49)57-28/h22,24-33,35-36,38-40,42-47,51H,10-21,23H2,1-9H3/t24-,25?,26?,28+,29+,30+,31+,32-,33-,35+,36+,38+,39-,40+,42+,43+,44?,45+,46+/m1/s1. The summed E-state index contributed by atoms with van der Waals surface area (Å²) in [6.07, 6.45) is 8.72. The number of carbonyl (C=O) groups is 2. The maximum absolute atomic E-state index is 15.0. The van der Waals surface area contributed by atoms with E-state index >= 15 is 4.79 Å². The van der Waals surface area contributed by atoms with Gasteiger partial charge in [-0.3, -0.25) is 9.59 Å². The molecule has 0 aromatic rings. The Kier molecular flexibility index (Phi) is 15.3. The maximum Gasteiger partial charge on any atom is 0.306 e. The average Bonchev–Trinajstić information content (AvgIpc) is 3.97. The summed E-state index contributed by atoms with van der Waals surface area (Å²) in [5, 5.41) is 16.6. The predicted molar refractivity (Wildman–Crippen MR) is 220 cm³/mol. The number of esters is 1. The summed E-state index contributed by atoms with van der Waals surface area (Å²) in [6.45, 7) is 8.12. The molecule has 0 bridgehead atoms. The summed E-state index contributed by atoms with van der Waals surface area (Å²) in [5.74, 6) is -1.43. The first-order valence-corrected chi connectivity index (χ1v) is 23.1. The Morgan fingerprint density at radius 3 is 2.20 bits per heavy atom. The van der Waals surface area contributed by atoms with E-state index in [1.54, 1.807) is 21.3 Å². The molecule has 3 heterocycles. The van der Waals surface area contributed by atoms with E-state index in [0.29, 0.717) is 36.9 Å². The van der Waals surface area contributed by atoms with Crippen molar-refractivity contribution in [2.45, 2.75) is 197 Å². The Morgan fingerprint density at radius 1 is 0.831 bits per heavy atom. The van der Waals surface area contributed by atoms with Crippen molar-refractivity contribution in [3.63, 3.8) is 0 Å². The lowest BCUT2D eigenvalue weighted by molar-refractivity contribution is -0.314. The first-order chi connectivity index (χ1) is 28.4. The van der Waals surface area contributed by atoms with Crippen LogP contribution < -0.4 is 5.32 Å². The fraction of sp³-hybridized carbons (Fsp3) is 0.913. The third-order valence-corrected chi connectivity index (χ3v) is 15.7. The highest BCUT2D eigenvalue weighted by Gasteiger charge is 2.60. The van der Waals surface area contributed by atoms with E-state index < -0.39 is 30.3 Å². The maximum atomic E-state index is 15.0. The lowest BCUT2D eigenvalue weighted by Crippen LogP contribution is -2.60. The first-order valence-electron chi connectivity index (χ1n) is 23.1. The van der Waals surface area contributed by atoms with Crippen molar-refractivity contribution >= 4 is 11.8 Å². The Hall–Kier alpha value is -1.52. The van der Waals surface area contributed by atoms with Gasteiger partial charge >= 0.3 is 5.97 Å². The number of ether oxygens (including phenoxy) is 8. The molecule has 4 aliphatic carbocycles. The number of carbonyl (C=O) groups excluding carboxylic acids is 2. The molecule has 3 aliphatic heterocycles. The van der Waals surface area contributed by atoms with Crippen molar-refractivity contribution in [3.05, 3.63) is 11.6 Å². The molecule has 7 aliphatic rings. The van der Waals surface area contributed by atoms with Gasteiger partial charge in [0, 0.05) is 57.2 Å². The molecular formula is C46H76N2O11. The zero-order valence-electron chi connectivity index (χ0n) is 37.3. The predicted octanol–water partition coefficient (Wildman–Crippen LogP) is 5.19. The molecule has 7 rings (SSSR count). The lowest BCUT2D eigenvalue weighted by Gasteiger charge is -2.48. The summed E-state index contributed by atoms with van der Waals surface area (Å²) in [7, 11) is 9.13. The van der Waals surface area contributed by atoms with Gasteiger partial charge in [0.2, 0.25) is 0 Å². The Balaban J connectivity index is 1.18. The zero-order chi connectivity index (χ0) is 42.1. The zero-order valence-corrected chi connectivity index (χ0v) is 37.3. The van der Waals surface area contributed by atoms with Gasteiger partial charge < -0.3 is 53.2 Å². The number of nitrogens with zero attached hydrogens (tertiary/aromatic N) is 1. The molecule has 3 unspecified atom stereocenters. The van der Waals surface area contributed by atoms with Crippen LogP contribution in [0.3, 0.4) is 0 Å². The number of cyclic esters (lactones) is 1. The quantitative estimate of drug-likeness (QED) is 0.264. The van der Waals surface area contributed by atoms with Gasteiger partial charge in [-0.2, -0.15) is 0 Å². The van der Waals surface area contributed by atoms with E-state index in [1.165, 1.54) is 12.8 Å². The second kappa shape index (κ2) is 19.9. The van der Waals surface area contributed by atoms with Crippen LogP contribution in [0.4, 0.5) is 0 Å². The number of likely N-dealkylation sites (N-methyl/N-ethyl adjacent to an activating group) is 1. The number of rotatable bonds is 11. The van der Waals surface area contributed by atoms with Crippen molar-refractivity contribution in [2.24, 2.45) is 35.5 Å². The molecule has 59 heavy (non-hydrogen) atoms. The minimum Gasteiger partial charge on any atom is -0.462 e. The van der Waals surface area contributed by atoms with Crippen LogP contribution in [0.25, 0.3) is 0 Å². The number of aliphatic hydroxyl groups excluding tert-OH is 1. The van der Waals surface area contributed by atoms with E-state index in [-0.39, 0.29) is 96.9 Å². The molecule has 0 aromatic heterocycles. The minimum absolute atomic E-state index is 0.00512. The van der Waals surface area contributed by atoms with E-state index in [0.717, 1.165) is 44.9 Å². The second-order valence-corrected chi connectivity index (χ2v) is 19.3. The molecule has 3 saturated heterocycles. The van der Waals surface area contributed by atoms with Gasteiger partial charge in [-0.1, -0.05) is 32.8 Å². The highest BCUT2D eigenvalue weighted by atomic mass is 16.7. The van der Waals surface area contributed by atoms with Crippen molar-refractivity contribution in [3.8, 4) is 0 Å². The topological polar surface area (TPSA) is 143 Å². The fourth-order valence-electron chi connectivity index (χ4n) is 12.6. The second-order valence-electron chi connectivity index (χ2n) is 19.3. The number of ketones is 1. The highest BCUT2D eigenvalue weighted by molar-refractivity contribution is 5.99. The van der Waals surface area contributed by atoms with Crippen molar-refractivity contribution < 1.29 is 52.6 Å². The van der Waals surface area contributed by atoms with Crippen LogP contribution in [-0.4, -0.2) is 143 Å². The van der Waals surface area contributed by atoms with Gasteiger partial charge in [-0.15, -0.1) is 0 Å². The van der Waals surface area contributed by atoms with E-state index in [4.69, 9.17) is 37.9 Å². The van der Waals surface area contributed by atoms with Crippen LogP contribution in [0.1, 0.15) is 111 Å². The number of hydrogen-bond acceptors (Lipinski definition) is 13. The molecule has 6 fully saturated rings. The van der Waals surface area contributed by atoms with Gasteiger partial charge in [0.1, 0.15) is 24.4 Å². The van der Waals surface area contributed by atoms with Crippen LogP contribution in [0.5, 0.6) is 0 Å². The van der Waals surface area contributed by atoms with E-state index in [9.17, 15) is 9.90 Å². The monoisotopic (exact) mass is 833 g/mol. The van der Waals surface area contributed by atoms with Crippen LogP contribution in [0.2, 0.25) is 0 Å². The van der Waals surface area contributed by atoms with Crippen LogP contribution in [0, 0.1) is 35.5 Å². The average molecular weight is 833 g/mol. The van der Waals surface area contributed by atoms with Crippen LogP contribution >= 0.6 is 0 Å². The molecule has 0 radical (unpaired) electrons. The Labute approximate surface area is 353 Å². The highest BCUT2D eigenvalue weighted by Crippen LogP contribution is 2.57. The summed E-state index contributed by atoms with van der Waals surface area (Å²) < 4.78 is 50.3. The third-order valence-electron chi connectivity index (χ3n) is 15.7. The Bertz CT molecular complexity index is 1440. The van der Waals surface area contributed by atoms with Gasteiger partial charge in [0.25, 0.3) is 0 Å². The number of methoxy groups -OCH3 is 3. The SMILES string of the molecule is CC[C@H]1CCC[C@H](O[C@H]2CC[C@H](N(C)C)C(C)O2)[C@@H](C)C(=O)C2=C[C@H]3[C@@H]4C[C@H](O[C@@H]5OC(C)[C@H](OC)C(OC)[C@@H]5OC)C[C@H]4[C@H](NC4CCCC4)[C@@H](O)[C@H]3[C@@H]2CC(=O)O1. The summed E-state index contributed by atoms with van der Waals surface area (Å²) >= 11 is 0. The third kappa shape index (κ3) is 9.55. The number of fused-ring (bicyclic) bond motifs is 5. The number of Topliss-reactive ketones (excluding diaryl/α,β-unsaturated/α-hetero) is 1. The smallest absolute Gasteiger partial charge is 0.306 e. The summed E-state index contributed by atoms with van der Waals surface area (Å²) in [6, 6.07) is 0.421. The van der Waals surface area contributed by atoms with Crippen molar-refractivity contribution in [1.29, 1.82) is 0 Å². The van der Waals surface area contributed by atoms with Gasteiger partial charge in [-0.05, 0) is 115 Å². The van der Waals surface area contributed by atoms with Gasteiger partial charge in [0.15, 0.2) is 18.4 Å². The summed E-state index contributed by atoms with van der Waals surface area (Å²) in [5.41, 5.74) is 0.651. The van der Waals surface area contributed by atoms with Gasteiger partial charge in [-0.25, -0.2) is 0 Å². The van der Waals surface area contributed by atoms with E-state index in [1.807, 2.05) is 13.8 Å². The number of allylic oxidation sites excluding steroid dienone is 2. The van der Waals surface area contributed by atoms with E-state index in [2.05, 4.69) is 44.2 Å².